The standard InChI is InChI=1S/C31H35F3O2/c1-3-5-6-8-21-10-16-28(27(32)18-21)36-31(35)26-15-14-25(29(33)30(26)34)24-13-12-22-17-20(7-4-2)9-11-23(22)19-24/h3-5,7,10,14-16,18,20,22-24H,6,8-9,11-13,17,19H2,1-2H3/b5-3+,7-4+. The molecule has 0 bridgehead atoms. The molecule has 2 aliphatic carbocycles. The molecule has 0 aromatic heterocycles. The normalized spacial score (nSPS) is 24.2. The van der Waals surface area contributed by atoms with Crippen LogP contribution in [0.15, 0.2) is 54.6 Å². The summed E-state index contributed by atoms with van der Waals surface area (Å²) in [7, 11) is 0. The highest BCUT2D eigenvalue weighted by Crippen LogP contribution is 2.48. The van der Waals surface area contributed by atoms with Crippen LogP contribution in [0.4, 0.5) is 13.2 Å². The van der Waals surface area contributed by atoms with Gasteiger partial charge >= 0.3 is 5.97 Å². The molecule has 2 nitrogen and oxygen atoms in total. The van der Waals surface area contributed by atoms with E-state index in [0.29, 0.717) is 29.7 Å². The molecule has 36 heavy (non-hydrogen) atoms. The second-order valence-electron chi connectivity index (χ2n) is 10.2. The van der Waals surface area contributed by atoms with Gasteiger partial charge in [0.2, 0.25) is 0 Å². The van der Waals surface area contributed by atoms with E-state index in [2.05, 4.69) is 19.1 Å². The summed E-state index contributed by atoms with van der Waals surface area (Å²) in [6, 6.07) is 7.09. The van der Waals surface area contributed by atoms with E-state index in [-0.39, 0.29) is 11.7 Å². The molecule has 2 aliphatic rings. The highest BCUT2D eigenvalue weighted by molar-refractivity contribution is 5.91. The Hall–Kier alpha value is -2.82. The molecule has 4 unspecified atom stereocenters. The molecule has 5 heteroatoms. The fourth-order valence-electron chi connectivity index (χ4n) is 6.05. The van der Waals surface area contributed by atoms with Crippen LogP contribution in [0, 0.1) is 35.2 Å². The molecule has 0 saturated heterocycles. The molecule has 4 atom stereocenters. The number of allylic oxidation sites excluding steroid dienone is 4. The zero-order chi connectivity index (χ0) is 25.7. The van der Waals surface area contributed by atoms with E-state index in [1.165, 1.54) is 30.7 Å². The summed E-state index contributed by atoms with van der Waals surface area (Å²) in [5.74, 6) is -2.59. The minimum absolute atomic E-state index is 0.0587. The van der Waals surface area contributed by atoms with Crippen molar-refractivity contribution in [2.75, 3.05) is 0 Å². The monoisotopic (exact) mass is 496 g/mol. The summed E-state index contributed by atoms with van der Waals surface area (Å²) < 4.78 is 49.7. The summed E-state index contributed by atoms with van der Waals surface area (Å²) in [6.45, 7) is 3.97. The van der Waals surface area contributed by atoms with Gasteiger partial charge in [-0.3, -0.25) is 0 Å². The van der Waals surface area contributed by atoms with Gasteiger partial charge < -0.3 is 4.74 Å². The first-order chi connectivity index (χ1) is 17.4. The number of carbonyl (C=O) groups excluding carboxylic acids is 1. The molecule has 0 N–H and O–H groups in total. The molecule has 0 spiro atoms. The minimum Gasteiger partial charge on any atom is -0.420 e. The Bertz CT molecular complexity index is 1140. The van der Waals surface area contributed by atoms with E-state index in [1.54, 1.807) is 6.07 Å². The van der Waals surface area contributed by atoms with E-state index in [1.807, 2.05) is 19.1 Å². The van der Waals surface area contributed by atoms with Crippen LogP contribution in [0.5, 0.6) is 5.75 Å². The first kappa shape index (κ1) is 26.2. The maximum atomic E-state index is 15.1. The van der Waals surface area contributed by atoms with Crippen LogP contribution in [0.2, 0.25) is 0 Å². The van der Waals surface area contributed by atoms with Crippen molar-refractivity contribution >= 4 is 5.97 Å². The lowest BCUT2D eigenvalue weighted by Crippen LogP contribution is -2.30. The van der Waals surface area contributed by atoms with Gasteiger partial charge in [0.1, 0.15) is 0 Å². The largest absolute Gasteiger partial charge is 0.420 e. The molecule has 0 aliphatic heterocycles. The highest BCUT2D eigenvalue weighted by atomic mass is 19.2. The Labute approximate surface area is 212 Å². The Morgan fingerprint density at radius 2 is 1.72 bits per heavy atom. The number of aryl methyl sites for hydroxylation is 1. The summed E-state index contributed by atoms with van der Waals surface area (Å²) in [6.07, 6.45) is 15.8. The van der Waals surface area contributed by atoms with Crippen molar-refractivity contribution in [3.63, 3.8) is 0 Å². The van der Waals surface area contributed by atoms with E-state index < -0.39 is 29.0 Å². The topological polar surface area (TPSA) is 26.3 Å². The van der Waals surface area contributed by atoms with Crippen LogP contribution in [0.25, 0.3) is 0 Å². The van der Waals surface area contributed by atoms with Crippen molar-refractivity contribution in [2.45, 2.75) is 71.1 Å². The zero-order valence-electron chi connectivity index (χ0n) is 21.1. The van der Waals surface area contributed by atoms with Gasteiger partial charge in [0.05, 0.1) is 5.56 Å². The average Bonchev–Trinajstić information content (AvgIpc) is 2.87. The first-order valence-electron chi connectivity index (χ1n) is 13.1. The Balaban J connectivity index is 1.43. The molecule has 2 aromatic rings. The number of benzene rings is 2. The maximum Gasteiger partial charge on any atom is 0.346 e. The SMILES string of the molecule is C/C=C/CCc1ccc(OC(=O)c2ccc(C3CCC4CC(/C=C/C)CCC4C3)c(F)c2F)c(F)c1. The number of hydrogen-bond donors (Lipinski definition) is 0. The van der Waals surface area contributed by atoms with Crippen LogP contribution in [-0.4, -0.2) is 5.97 Å². The van der Waals surface area contributed by atoms with Crippen molar-refractivity contribution in [3.05, 3.63) is 88.8 Å². The highest BCUT2D eigenvalue weighted by Gasteiger charge is 2.36. The number of carbonyl (C=O) groups is 1. The Morgan fingerprint density at radius 3 is 2.47 bits per heavy atom. The van der Waals surface area contributed by atoms with Crippen LogP contribution >= 0.6 is 0 Å². The van der Waals surface area contributed by atoms with E-state index >= 15 is 4.39 Å². The number of halogens is 3. The van der Waals surface area contributed by atoms with Crippen LogP contribution < -0.4 is 4.74 Å². The van der Waals surface area contributed by atoms with Gasteiger partial charge in [-0.1, -0.05) is 36.4 Å². The fraction of sp³-hybridized carbons (Fsp3) is 0.452. The molecular formula is C31H35F3O2. The van der Waals surface area contributed by atoms with Gasteiger partial charge in [0.25, 0.3) is 0 Å². The van der Waals surface area contributed by atoms with Gasteiger partial charge in [0, 0.05) is 0 Å². The van der Waals surface area contributed by atoms with Crippen LogP contribution in [-0.2, 0) is 6.42 Å². The first-order valence-corrected chi connectivity index (χ1v) is 13.1. The molecule has 0 amide bonds. The fourth-order valence-corrected chi connectivity index (χ4v) is 6.05. The second-order valence-corrected chi connectivity index (χ2v) is 10.2. The number of fused-ring (bicyclic) bond motifs is 1. The quantitative estimate of drug-likeness (QED) is 0.218. The molecule has 0 radical (unpaired) electrons. The predicted molar refractivity (Wildman–Crippen MR) is 137 cm³/mol. The molecular weight excluding hydrogens is 461 g/mol. The van der Waals surface area contributed by atoms with E-state index in [4.69, 9.17) is 4.74 Å². The minimum atomic E-state index is -1.22. The number of rotatable bonds is 7. The van der Waals surface area contributed by atoms with Crippen molar-refractivity contribution in [2.24, 2.45) is 17.8 Å². The average molecular weight is 497 g/mol. The third-order valence-electron chi connectivity index (χ3n) is 7.92. The lowest BCUT2D eigenvalue weighted by atomic mass is 9.64. The zero-order valence-corrected chi connectivity index (χ0v) is 21.1. The molecule has 4 rings (SSSR count). The molecule has 2 saturated carbocycles. The predicted octanol–water partition coefficient (Wildman–Crippen LogP) is 8.71. The van der Waals surface area contributed by atoms with E-state index in [9.17, 15) is 13.6 Å². The Kier molecular flexibility index (Phi) is 8.71. The van der Waals surface area contributed by atoms with Crippen molar-refractivity contribution in [1.29, 1.82) is 0 Å². The summed E-state index contributed by atoms with van der Waals surface area (Å²) in [4.78, 5) is 12.6. The second kappa shape index (κ2) is 11.9. The molecule has 192 valence electrons. The van der Waals surface area contributed by atoms with Crippen molar-refractivity contribution < 1.29 is 22.7 Å². The van der Waals surface area contributed by atoms with Crippen molar-refractivity contribution in [3.8, 4) is 5.75 Å². The number of hydrogen-bond acceptors (Lipinski definition) is 2. The lowest BCUT2D eigenvalue weighted by Gasteiger charge is -2.42. The lowest BCUT2D eigenvalue weighted by molar-refractivity contribution is 0.0721. The van der Waals surface area contributed by atoms with Gasteiger partial charge in [0.15, 0.2) is 23.2 Å². The molecule has 2 fully saturated rings. The summed E-state index contributed by atoms with van der Waals surface area (Å²) >= 11 is 0. The summed E-state index contributed by atoms with van der Waals surface area (Å²) in [5, 5.41) is 0. The van der Waals surface area contributed by atoms with Gasteiger partial charge in [-0.2, -0.15) is 0 Å². The third-order valence-corrected chi connectivity index (χ3v) is 7.92. The smallest absolute Gasteiger partial charge is 0.346 e. The summed E-state index contributed by atoms with van der Waals surface area (Å²) in [5.41, 5.74) is 0.570. The van der Waals surface area contributed by atoms with Crippen LogP contribution in [0.1, 0.15) is 86.2 Å². The Morgan fingerprint density at radius 1 is 0.944 bits per heavy atom. The van der Waals surface area contributed by atoms with Gasteiger partial charge in [-0.05, 0) is 118 Å². The van der Waals surface area contributed by atoms with Gasteiger partial charge in [-0.15, -0.1) is 0 Å². The molecule has 0 heterocycles. The van der Waals surface area contributed by atoms with Crippen LogP contribution in [0.3, 0.4) is 0 Å². The number of ether oxygens (including phenoxy) is 1. The van der Waals surface area contributed by atoms with Gasteiger partial charge in [-0.25, -0.2) is 18.0 Å². The number of esters is 1. The van der Waals surface area contributed by atoms with Crippen molar-refractivity contribution in [1.82, 2.24) is 0 Å². The molecule has 2 aromatic carbocycles. The maximum absolute atomic E-state index is 15.1. The third kappa shape index (κ3) is 5.93. The van der Waals surface area contributed by atoms with E-state index in [0.717, 1.165) is 44.1 Å².